The predicted molar refractivity (Wildman–Crippen MR) is 165 cm³/mol. The zero-order chi connectivity index (χ0) is 32.6. The molecule has 2 unspecified atom stereocenters. The maximum absolute atomic E-state index is 14.0. The number of likely N-dealkylation sites (tertiary alicyclic amines) is 1. The number of amides is 3. The number of benzene rings is 2. The largest absolute Gasteiger partial charge is 0.497 e. The SMILES string of the molecule is COC(=O)C1CCCN1C(=O)C(c1ccc(OC)cc1)n1cnc(NC(=O)[C@@H](COCc2ccccc2)NC(=O)C(C)(C)N)c1. The molecule has 2 heterocycles. The van der Waals surface area contributed by atoms with Crippen molar-refractivity contribution in [3.8, 4) is 5.75 Å². The molecule has 1 saturated heterocycles. The van der Waals surface area contributed by atoms with Gasteiger partial charge in [-0.05, 0) is 49.9 Å². The van der Waals surface area contributed by atoms with Crippen molar-refractivity contribution in [3.05, 3.63) is 78.2 Å². The normalized spacial score (nSPS) is 16.0. The summed E-state index contributed by atoms with van der Waals surface area (Å²) in [5.74, 6) is -1.16. The Kier molecular flexibility index (Phi) is 10.9. The number of methoxy groups -OCH3 is 2. The molecule has 0 bridgehead atoms. The van der Waals surface area contributed by atoms with Crippen LogP contribution in [0.25, 0.3) is 0 Å². The Balaban J connectivity index is 1.56. The molecule has 13 nitrogen and oxygen atoms in total. The van der Waals surface area contributed by atoms with Crippen LogP contribution in [0.3, 0.4) is 0 Å². The molecule has 1 aliphatic rings. The van der Waals surface area contributed by atoms with Gasteiger partial charge in [0.2, 0.25) is 5.91 Å². The third-order valence-corrected chi connectivity index (χ3v) is 7.43. The topological polar surface area (TPSA) is 167 Å². The number of rotatable bonds is 13. The highest BCUT2D eigenvalue weighted by Gasteiger charge is 2.39. The van der Waals surface area contributed by atoms with E-state index in [1.165, 1.54) is 38.4 Å². The van der Waals surface area contributed by atoms with Crippen LogP contribution >= 0.6 is 0 Å². The molecule has 0 saturated carbocycles. The van der Waals surface area contributed by atoms with E-state index in [2.05, 4.69) is 15.6 Å². The van der Waals surface area contributed by atoms with Gasteiger partial charge >= 0.3 is 5.97 Å². The number of hydrogen-bond donors (Lipinski definition) is 3. The molecule has 4 rings (SSSR count). The molecule has 240 valence electrons. The van der Waals surface area contributed by atoms with Gasteiger partial charge in [0.25, 0.3) is 11.8 Å². The zero-order valence-corrected chi connectivity index (χ0v) is 25.9. The number of ether oxygens (including phenoxy) is 3. The zero-order valence-electron chi connectivity index (χ0n) is 25.9. The summed E-state index contributed by atoms with van der Waals surface area (Å²) in [7, 11) is 2.84. The Hall–Kier alpha value is -4.75. The third-order valence-electron chi connectivity index (χ3n) is 7.43. The number of nitrogens with one attached hydrogen (secondary N) is 2. The minimum absolute atomic E-state index is 0.125. The van der Waals surface area contributed by atoms with Crippen molar-refractivity contribution < 1.29 is 33.4 Å². The van der Waals surface area contributed by atoms with Crippen LogP contribution in [0.1, 0.15) is 43.9 Å². The maximum Gasteiger partial charge on any atom is 0.328 e. The lowest BCUT2D eigenvalue weighted by Crippen LogP contribution is -2.56. The summed E-state index contributed by atoms with van der Waals surface area (Å²) in [4.78, 5) is 58.4. The van der Waals surface area contributed by atoms with E-state index in [0.29, 0.717) is 30.7 Å². The molecular weight excluding hydrogens is 580 g/mol. The van der Waals surface area contributed by atoms with Gasteiger partial charge < -0.3 is 40.0 Å². The Labute approximate surface area is 262 Å². The molecule has 45 heavy (non-hydrogen) atoms. The second-order valence-electron chi connectivity index (χ2n) is 11.3. The van der Waals surface area contributed by atoms with E-state index < -0.39 is 41.4 Å². The van der Waals surface area contributed by atoms with E-state index in [4.69, 9.17) is 19.9 Å². The van der Waals surface area contributed by atoms with Gasteiger partial charge in [0.1, 0.15) is 23.9 Å². The standard InChI is InChI=1S/C32H40N6O7/c1-32(2,33)31(42)35-24(19-45-18-21-9-6-5-7-10-21)28(39)36-26-17-37(20-34-26)27(22-12-14-23(43-3)15-13-22)29(40)38-16-8-11-25(38)30(41)44-4/h5-7,9-10,12-15,17,20,24-25,27H,8,11,16,18-19,33H2,1-4H3,(H,35,42)(H,36,39)/t24-,25?,27?/m1/s1. The Morgan fingerprint density at radius 1 is 1.07 bits per heavy atom. The number of aromatic nitrogens is 2. The monoisotopic (exact) mass is 620 g/mol. The summed E-state index contributed by atoms with van der Waals surface area (Å²) in [6.07, 6.45) is 4.10. The van der Waals surface area contributed by atoms with E-state index in [1.807, 2.05) is 30.3 Å². The van der Waals surface area contributed by atoms with Gasteiger partial charge in [-0.1, -0.05) is 42.5 Å². The Morgan fingerprint density at radius 2 is 1.78 bits per heavy atom. The summed E-state index contributed by atoms with van der Waals surface area (Å²) >= 11 is 0. The van der Waals surface area contributed by atoms with Crippen LogP contribution in [0.4, 0.5) is 5.82 Å². The first-order chi connectivity index (χ1) is 21.5. The van der Waals surface area contributed by atoms with E-state index in [1.54, 1.807) is 35.9 Å². The van der Waals surface area contributed by atoms with Gasteiger partial charge in [-0.2, -0.15) is 0 Å². The second kappa shape index (κ2) is 14.8. The number of hydrogen-bond acceptors (Lipinski definition) is 9. The molecule has 13 heteroatoms. The van der Waals surface area contributed by atoms with Crippen molar-refractivity contribution in [1.82, 2.24) is 19.8 Å². The quantitative estimate of drug-likeness (QED) is 0.242. The van der Waals surface area contributed by atoms with Crippen molar-refractivity contribution in [3.63, 3.8) is 0 Å². The molecule has 1 aliphatic heterocycles. The van der Waals surface area contributed by atoms with Gasteiger partial charge in [0, 0.05) is 12.7 Å². The van der Waals surface area contributed by atoms with E-state index >= 15 is 0 Å². The number of anilines is 1. The number of nitrogens with zero attached hydrogens (tertiary/aromatic N) is 3. The van der Waals surface area contributed by atoms with Crippen LogP contribution in [-0.4, -0.2) is 83.1 Å². The summed E-state index contributed by atoms with van der Waals surface area (Å²) in [6.45, 7) is 3.57. The summed E-state index contributed by atoms with van der Waals surface area (Å²) in [6, 6.07) is 13.7. The molecule has 0 radical (unpaired) electrons. The number of carbonyl (C=O) groups is 4. The highest BCUT2D eigenvalue weighted by atomic mass is 16.5. The van der Waals surface area contributed by atoms with E-state index in [0.717, 1.165) is 5.56 Å². The van der Waals surface area contributed by atoms with Crippen LogP contribution in [0.15, 0.2) is 67.1 Å². The first kappa shape index (κ1) is 33.1. The third kappa shape index (κ3) is 8.46. The predicted octanol–water partition coefficient (Wildman–Crippen LogP) is 2.02. The molecule has 3 aromatic rings. The summed E-state index contributed by atoms with van der Waals surface area (Å²) in [5, 5.41) is 5.37. The number of nitrogens with two attached hydrogens (primary N) is 1. The lowest BCUT2D eigenvalue weighted by atomic mass is 10.0. The van der Waals surface area contributed by atoms with Gasteiger partial charge in [-0.25, -0.2) is 9.78 Å². The van der Waals surface area contributed by atoms with Crippen molar-refractivity contribution in [2.75, 3.05) is 32.7 Å². The average Bonchev–Trinajstić information content (AvgIpc) is 3.71. The molecule has 0 spiro atoms. The van der Waals surface area contributed by atoms with Crippen LogP contribution in [0.2, 0.25) is 0 Å². The van der Waals surface area contributed by atoms with Gasteiger partial charge in [-0.15, -0.1) is 0 Å². The minimum Gasteiger partial charge on any atom is -0.497 e. The van der Waals surface area contributed by atoms with Crippen molar-refractivity contribution in [2.45, 2.75) is 57.0 Å². The van der Waals surface area contributed by atoms with Gasteiger partial charge in [0.05, 0.1) is 39.3 Å². The van der Waals surface area contributed by atoms with Crippen LogP contribution in [0.5, 0.6) is 5.75 Å². The number of carbonyl (C=O) groups excluding carboxylic acids is 4. The van der Waals surface area contributed by atoms with Crippen molar-refractivity contribution >= 4 is 29.5 Å². The number of esters is 1. The molecule has 3 amide bonds. The van der Waals surface area contributed by atoms with Crippen LogP contribution in [0, 0.1) is 0 Å². The summed E-state index contributed by atoms with van der Waals surface area (Å²) < 4.78 is 17.5. The highest BCUT2D eigenvalue weighted by molar-refractivity contribution is 5.98. The fourth-order valence-corrected chi connectivity index (χ4v) is 4.95. The second-order valence-corrected chi connectivity index (χ2v) is 11.3. The summed E-state index contributed by atoms with van der Waals surface area (Å²) in [5.41, 5.74) is 6.25. The fraction of sp³-hybridized carbons (Fsp3) is 0.406. The first-order valence-corrected chi connectivity index (χ1v) is 14.6. The van der Waals surface area contributed by atoms with Gasteiger partial charge in [0.15, 0.2) is 5.82 Å². The van der Waals surface area contributed by atoms with Crippen molar-refractivity contribution in [1.29, 1.82) is 0 Å². The first-order valence-electron chi connectivity index (χ1n) is 14.6. The minimum atomic E-state index is -1.23. The molecular formula is C32H40N6O7. The molecule has 2 aromatic carbocycles. The lowest BCUT2D eigenvalue weighted by Gasteiger charge is -2.28. The molecule has 4 N–H and O–H groups in total. The van der Waals surface area contributed by atoms with Crippen molar-refractivity contribution in [2.24, 2.45) is 5.73 Å². The fourth-order valence-electron chi connectivity index (χ4n) is 4.95. The highest BCUT2D eigenvalue weighted by Crippen LogP contribution is 2.29. The van der Waals surface area contributed by atoms with E-state index in [9.17, 15) is 19.2 Å². The molecule has 1 aromatic heterocycles. The molecule has 0 aliphatic carbocycles. The van der Waals surface area contributed by atoms with Gasteiger partial charge in [-0.3, -0.25) is 14.4 Å². The van der Waals surface area contributed by atoms with Crippen LogP contribution in [-0.2, 0) is 35.3 Å². The molecule has 3 atom stereocenters. The molecule has 1 fully saturated rings. The Bertz CT molecular complexity index is 1470. The Morgan fingerprint density at radius 3 is 2.42 bits per heavy atom. The smallest absolute Gasteiger partial charge is 0.328 e. The van der Waals surface area contributed by atoms with Crippen LogP contribution < -0.4 is 21.1 Å². The van der Waals surface area contributed by atoms with E-state index in [-0.39, 0.29) is 24.9 Å². The average molecular weight is 621 g/mol. The number of imidazole rings is 1. The lowest BCUT2D eigenvalue weighted by molar-refractivity contribution is -0.151. The maximum atomic E-state index is 14.0.